The number of aromatic nitrogens is 2. The lowest BCUT2D eigenvalue weighted by Crippen LogP contribution is -2.37. The van der Waals surface area contributed by atoms with Crippen molar-refractivity contribution in [3.8, 4) is 0 Å². The molecule has 0 spiro atoms. The number of hydrogen-bond acceptors (Lipinski definition) is 5. The van der Waals surface area contributed by atoms with E-state index in [1.165, 1.54) is 0 Å². The van der Waals surface area contributed by atoms with Gasteiger partial charge in [0.2, 0.25) is 5.95 Å². The van der Waals surface area contributed by atoms with E-state index in [2.05, 4.69) is 25.5 Å². The summed E-state index contributed by atoms with van der Waals surface area (Å²) in [7, 11) is 0. The lowest BCUT2D eigenvalue weighted by Gasteiger charge is -2.28. The van der Waals surface area contributed by atoms with Crippen molar-refractivity contribution >= 4 is 29.1 Å². The van der Waals surface area contributed by atoms with Crippen LogP contribution in [0.15, 0.2) is 6.07 Å². The van der Waals surface area contributed by atoms with Crippen LogP contribution in [0.2, 0.25) is 0 Å². The molecule has 1 fully saturated rings. The fourth-order valence-corrected chi connectivity index (χ4v) is 2.29. The van der Waals surface area contributed by atoms with Gasteiger partial charge in [0.25, 0.3) is 0 Å². The van der Waals surface area contributed by atoms with E-state index >= 15 is 0 Å². The summed E-state index contributed by atoms with van der Waals surface area (Å²) in [5.41, 5.74) is 0.913. The Kier molecular flexibility index (Phi) is 5.08. The molecule has 1 saturated heterocycles. The van der Waals surface area contributed by atoms with Gasteiger partial charge in [-0.05, 0) is 33.0 Å². The summed E-state index contributed by atoms with van der Waals surface area (Å²) in [5.74, 6) is 1.44. The zero-order valence-corrected chi connectivity index (χ0v) is 13.0. The number of nitrogens with one attached hydrogen (secondary N) is 2. The van der Waals surface area contributed by atoms with Gasteiger partial charge in [-0.1, -0.05) is 0 Å². The zero-order valence-electron chi connectivity index (χ0n) is 12.1. The van der Waals surface area contributed by atoms with Gasteiger partial charge in [-0.15, -0.1) is 0 Å². The second-order valence-electron chi connectivity index (χ2n) is 5.04. The Morgan fingerprint density at radius 1 is 1.35 bits per heavy atom. The van der Waals surface area contributed by atoms with Crippen LogP contribution in [0.1, 0.15) is 19.5 Å². The van der Waals surface area contributed by atoms with Crippen LogP contribution in [-0.4, -0.2) is 47.4 Å². The van der Waals surface area contributed by atoms with E-state index in [0.29, 0.717) is 11.1 Å². The summed E-state index contributed by atoms with van der Waals surface area (Å²) in [6, 6.07) is 2.26. The van der Waals surface area contributed by atoms with Crippen molar-refractivity contribution in [2.75, 3.05) is 36.5 Å². The Bertz CT molecular complexity index is 474. The molecule has 0 atom stereocenters. The Labute approximate surface area is 124 Å². The largest absolute Gasteiger partial charge is 0.378 e. The third-order valence-corrected chi connectivity index (χ3v) is 3.04. The highest BCUT2D eigenvalue weighted by Crippen LogP contribution is 2.16. The van der Waals surface area contributed by atoms with Crippen LogP contribution in [0.25, 0.3) is 0 Å². The quantitative estimate of drug-likeness (QED) is 0.815. The average Bonchev–Trinajstić information content (AvgIpc) is 2.38. The molecular formula is C13H21N5OS. The standard InChI is InChI=1S/C13H21N5OS/c1-9(2)14-13(20)17-12-15-10(3)8-11(16-12)18-4-6-19-7-5-18/h8-9H,4-7H2,1-3H3,(H2,14,15,16,17,20). The number of hydrogen-bond donors (Lipinski definition) is 2. The smallest absolute Gasteiger partial charge is 0.231 e. The Morgan fingerprint density at radius 3 is 2.70 bits per heavy atom. The Balaban J connectivity index is 2.09. The predicted molar refractivity (Wildman–Crippen MR) is 84.3 cm³/mol. The van der Waals surface area contributed by atoms with E-state index in [4.69, 9.17) is 17.0 Å². The molecule has 0 amide bonds. The van der Waals surface area contributed by atoms with Gasteiger partial charge in [0.05, 0.1) is 13.2 Å². The first-order chi connectivity index (χ1) is 9.54. The minimum atomic E-state index is 0.276. The molecule has 1 aliphatic rings. The molecule has 0 saturated carbocycles. The molecule has 0 bridgehead atoms. The molecule has 2 N–H and O–H groups in total. The number of ether oxygens (including phenoxy) is 1. The van der Waals surface area contributed by atoms with E-state index in [-0.39, 0.29) is 6.04 Å². The maximum absolute atomic E-state index is 5.36. The van der Waals surface area contributed by atoms with Crippen molar-refractivity contribution < 1.29 is 4.74 Å². The van der Waals surface area contributed by atoms with E-state index in [9.17, 15) is 0 Å². The highest BCUT2D eigenvalue weighted by Gasteiger charge is 2.14. The SMILES string of the molecule is Cc1cc(N2CCOCC2)nc(NC(=S)NC(C)C)n1. The molecule has 0 aromatic carbocycles. The van der Waals surface area contributed by atoms with Crippen LogP contribution in [0, 0.1) is 6.92 Å². The van der Waals surface area contributed by atoms with Crippen molar-refractivity contribution in [3.05, 3.63) is 11.8 Å². The molecule has 2 heterocycles. The highest BCUT2D eigenvalue weighted by molar-refractivity contribution is 7.80. The molecule has 0 aliphatic carbocycles. The number of rotatable bonds is 3. The minimum Gasteiger partial charge on any atom is -0.378 e. The zero-order chi connectivity index (χ0) is 14.5. The lowest BCUT2D eigenvalue weighted by atomic mass is 10.3. The van der Waals surface area contributed by atoms with E-state index in [1.54, 1.807) is 0 Å². The Hall–Kier alpha value is -1.47. The number of nitrogens with zero attached hydrogens (tertiary/aromatic N) is 3. The third kappa shape index (κ3) is 4.28. The molecule has 7 heteroatoms. The van der Waals surface area contributed by atoms with Crippen molar-refractivity contribution in [2.45, 2.75) is 26.8 Å². The Morgan fingerprint density at radius 2 is 2.05 bits per heavy atom. The topological polar surface area (TPSA) is 62.3 Å². The first kappa shape index (κ1) is 14.9. The number of aryl methyl sites for hydroxylation is 1. The maximum Gasteiger partial charge on any atom is 0.231 e. The van der Waals surface area contributed by atoms with Crippen LogP contribution in [0.4, 0.5) is 11.8 Å². The predicted octanol–water partition coefficient (Wildman–Crippen LogP) is 1.32. The number of anilines is 2. The highest BCUT2D eigenvalue weighted by atomic mass is 32.1. The normalized spacial score (nSPS) is 15.3. The van der Waals surface area contributed by atoms with Crippen molar-refractivity contribution in [3.63, 3.8) is 0 Å². The van der Waals surface area contributed by atoms with Crippen molar-refractivity contribution in [2.24, 2.45) is 0 Å². The van der Waals surface area contributed by atoms with Crippen LogP contribution >= 0.6 is 12.2 Å². The summed E-state index contributed by atoms with van der Waals surface area (Å²) in [6.45, 7) is 9.19. The summed E-state index contributed by atoms with van der Waals surface area (Å²) in [4.78, 5) is 11.1. The summed E-state index contributed by atoms with van der Waals surface area (Å²) < 4.78 is 5.36. The summed E-state index contributed by atoms with van der Waals surface area (Å²) >= 11 is 5.22. The van der Waals surface area contributed by atoms with Gasteiger partial charge < -0.3 is 20.3 Å². The second-order valence-corrected chi connectivity index (χ2v) is 5.45. The summed E-state index contributed by atoms with van der Waals surface area (Å²) in [6.07, 6.45) is 0. The average molecular weight is 295 g/mol. The minimum absolute atomic E-state index is 0.276. The van der Waals surface area contributed by atoms with Gasteiger partial charge in [0, 0.05) is 30.9 Å². The van der Waals surface area contributed by atoms with Crippen LogP contribution in [-0.2, 0) is 4.74 Å². The van der Waals surface area contributed by atoms with Crippen LogP contribution in [0.3, 0.4) is 0 Å². The second kappa shape index (κ2) is 6.81. The summed E-state index contributed by atoms with van der Waals surface area (Å²) in [5, 5.41) is 6.69. The van der Waals surface area contributed by atoms with E-state index in [1.807, 2.05) is 26.8 Å². The van der Waals surface area contributed by atoms with E-state index in [0.717, 1.165) is 37.8 Å². The fraction of sp³-hybridized carbons (Fsp3) is 0.615. The molecular weight excluding hydrogens is 274 g/mol. The molecule has 6 nitrogen and oxygen atoms in total. The maximum atomic E-state index is 5.36. The molecule has 0 radical (unpaired) electrons. The first-order valence-corrected chi connectivity index (χ1v) is 7.21. The number of morpholine rings is 1. The van der Waals surface area contributed by atoms with Crippen molar-refractivity contribution in [1.82, 2.24) is 15.3 Å². The van der Waals surface area contributed by atoms with Gasteiger partial charge in [0.15, 0.2) is 5.11 Å². The van der Waals surface area contributed by atoms with E-state index < -0.39 is 0 Å². The van der Waals surface area contributed by atoms with Gasteiger partial charge in [-0.3, -0.25) is 0 Å². The molecule has 20 heavy (non-hydrogen) atoms. The monoisotopic (exact) mass is 295 g/mol. The van der Waals surface area contributed by atoms with Crippen molar-refractivity contribution in [1.29, 1.82) is 0 Å². The molecule has 110 valence electrons. The van der Waals surface area contributed by atoms with Crippen LogP contribution in [0.5, 0.6) is 0 Å². The van der Waals surface area contributed by atoms with Gasteiger partial charge in [0.1, 0.15) is 5.82 Å². The van der Waals surface area contributed by atoms with Crippen LogP contribution < -0.4 is 15.5 Å². The number of thiocarbonyl (C=S) groups is 1. The first-order valence-electron chi connectivity index (χ1n) is 6.80. The molecule has 1 aromatic rings. The third-order valence-electron chi connectivity index (χ3n) is 2.82. The molecule has 0 unspecified atom stereocenters. The molecule has 1 aliphatic heterocycles. The van der Waals surface area contributed by atoms with Gasteiger partial charge in [-0.25, -0.2) is 4.98 Å². The van der Waals surface area contributed by atoms with Gasteiger partial charge >= 0.3 is 0 Å². The fourth-order valence-electron chi connectivity index (χ4n) is 1.96. The molecule has 1 aromatic heterocycles. The van der Waals surface area contributed by atoms with Gasteiger partial charge in [-0.2, -0.15) is 4.98 Å². The lowest BCUT2D eigenvalue weighted by molar-refractivity contribution is 0.122. The molecule has 2 rings (SSSR count).